The lowest BCUT2D eigenvalue weighted by atomic mass is 9.72. The van der Waals surface area contributed by atoms with Crippen LogP contribution in [0.25, 0.3) is 0 Å². The average Bonchev–Trinajstić information content (AvgIpc) is 3.25. The Hall–Kier alpha value is -1.50. The van der Waals surface area contributed by atoms with E-state index in [0.717, 1.165) is 70.8 Å². The number of nitrogens with one attached hydrogen (secondary N) is 2. The summed E-state index contributed by atoms with van der Waals surface area (Å²) < 4.78 is 12.0. The van der Waals surface area contributed by atoms with Crippen molar-refractivity contribution < 1.29 is 13.8 Å². The number of carbonyl (C=O) groups is 2. The largest absolute Gasteiger partial charge is 0.462 e. The molecule has 1 unspecified atom stereocenters. The van der Waals surface area contributed by atoms with E-state index in [2.05, 4.69) is 36.4 Å². The number of hydrogen-bond donors (Lipinski definition) is 2. The highest BCUT2D eigenvalue weighted by molar-refractivity contribution is 7.82. The number of hydrogen-bond acceptors (Lipinski definition) is 4. The fourth-order valence-electron chi connectivity index (χ4n) is 6.52. The molecule has 7 heteroatoms. The third-order valence-electron chi connectivity index (χ3n) is 8.16. The standard InChI is InChI=1S/C27H46N3O3S/c1-5-27(23-12-8-6-9-13-23,24(31)30-17-14-22(19-30)18-21(2)3)29-25(32)28-26(20-34(4)33)15-10-7-11-16-26/h18,21,23H,4-17,19-20H2,1-3H3,(H2,28,29,32)/q-1. The van der Waals surface area contributed by atoms with Crippen molar-refractivity contribution >= 4 is 28.2 Å². The zero-order valence-corrected chi connectivity index (χ0v) is 22.4. The Bertz CT molecular complexity index is 815. The molecule has 3 amide bonds. The van der Waals surface area contributed by atoms with Gasteiger partial charge in [0.05, 0.1) is 0 Å². The van der Waals surface area contributed by atoms with Crippen molar-refractivity contribution in [2.24, 2.45) is 11.8 Å². The minimum Gasteiger partial charge on any atom is -0.462 e. The molecule has 34 heavy (non-hydrogen) atoms. The molecule has 2 N–H and O–H groups in total. The second-order valence-electron chi connectivity index (χ2n) is 11.2. The van der Waals surface area contributed by atoms with Gasteiger partial charge in [0, 0.05) is 18.6 Å². The van der Waals surface area contributed by atoms with Crippen molar-refractivity contribution in [3.63, 3.8) is 0 Å². The van der Waals surface area contributed by atoms with E-state index in [1.54, 1.807) is 0 Å². The zero-order valence-electron chi connectivity index (χ0n) is 21.6. The van der Waals surface area contributed by atoms with Gasteiger partial charge in [-0.25, -0.2) is 4.79 Å². The molecule has 3 aliphatic rings. The topological polar surface area (TPSA) is 78.5 Å². The van der Waals surface area contributed by atoms with Gasteiger partial charge in [0.2, 0.25) is 5.91 Å². The van der Waals surface area contributed by atoms with Crippen LogP contribution in [0.2, 0.25) is 0 Å². The lowest BCUT2D eigenvalue weighted by Gasteiger charge is -2.45. The molecule has 1 atom stereocenters. The molecule has 0 radical (unpaired) electrons. The molecular formula is C27H46N3O3S-. The van der Waals surface area contributed by atoms with Crippen LogP contribution in [-0.4, -0.2) is 52.6 Å². The maximum atomic E-state index is 14.1. The lowest BCUT2D eigenvalue weighted by Crippen LogP contribution is -2.67. The van der Waals surface area contributed by atoms with Gasteiger partial charge >= 0.3 is 6.03 Å². The molecule has 1 saturated heterocycles. The Balaban J connectivity index is 1.83. The number of likely N-dealkylation sites (tertiary alicyclic amines) is 1. The Morgan fingerprint density at radius 1 is 1.18 bits per heavy atom. The van der Waals surface area contributed by atoms with Crippen molar-refractivity contribution in [1.29, 1.82) is 0 Å². The summed E-state index contributed by atoms with van der Waals surface area (Å²) in [6, 6.07) is -0.287. The van der Waals surface area contributed by atoms with Crippen LogP contribution >= 0.6 is 0 Å². The maximum absolute atomic E-state index is 14.1. The molecule has 0 spiro atoms. The lowest BCUT2D eigenvalue weighted by molar-refractivity contribution is -0.140. The molecule has 2 aliphatic carbocycles. The van der Waals surface area contributed by atoms with Gasteiger partial charge in [0.1, 0.15) is 5.54 Å². The van der Waals surface area contributed by atoms with Crippen molar-refractivity contribution in [3.8, 4) is 0 Å². The SMILES string of the molecule is C=[S-](=O)CC1(NC(=O)NC(CC)(C(=O)N2CCC(=CC(C)C)C2)C2CCCCC2)CCCCC1. The van der Waals surface area contributed by atoms with Crippen molar-refractivity contribution in [2.45, 2.75) is 109 Å². The average molecular weight is 493 g/mol. The Kier molecular flexibility index (Phi) is 9.53. The predicted octanol–water partition coefficient (Wildman–Crippen LogP) is 4.93. The molecule has 3 fully saturated rings. The molecule has 0 aromatic heterocycles. The molecular weight excluding hydrogens is 446 g/mol. The fourth-order valence-corrected chi connectivity index (χ4v) is 7.49. The van der Waals surface area contributed by atoms with Gasteiger partial charge in [-0.1, -0.05) is 76.7 Å². The second-order valence-corrected chi connectivity index (χ2v) is 12.4. The van der Waals surface area contributed by atoms with E-state index in [1.165, 1.54) is 12.0 Å². The van der Waals surface area contributed by atoms with Crippen molar-refractivity contribution in [3.05, 3.63) is 11.6 Å². The summed E-state index contributed by atoms with van der Waals surface area (Å²) in [6.07, 6.45) is 13.9. The van der Waals surface area contributed by atoms with Gasteiger partial charge in [0.15, 0.2) is 0 Å². The number of amides is 3. The summed E-state index contributed by atoms with van der Waals surface area (Å²) >= 11 is 0. The van der Waals surface area contributed by atoms with E-state index < -0.39 is 21.5 Å². The van der Waals surface area contributed by atoms with E-state index in [4.69, 9.17) is 0 Å². The molecule has 1 aliphatic heterocycles. The second kappa shape index (κ2) is 12.0. The predicted molar refractivity (Wildman–Crippen MR) is 141 cm³/mol. The van der Waals surface area contributed by atoms with Crippen LogP contribution in [0, 0.1) is 11.8 Å². The number of allylic oxidation sites excluding steroid dienone is 1. The molecule has 0 aromatic carbocycles. The van der Waals surface area contributed by atoms with E-state index in [0.29, 0.717) is 24.6 Å². The third kappa shape index (κ3) is 6.58. The highest BCUT2D eigenvalue weighted by Crippen LogP contribution is 2.38. The van der Waals surface area contributed by atoms with Gasteiger partial charge < -0.3 is 19.7 Å². The van der Waals surface area contributed by atoms with Crippen LogP contribution in [0.1, 0.15) is 97.8 Å². The van der Waals surface area contributed by atoms with Crippen LogP contribution in [0.3, 0.4) is 0 Å². The molecule has 3 rings (SSSR count). The van der Waals surface area contributed by atoms with Crippen molar-refractivity contribution in [1.82, 2.24) is 15.5 Å². The van der Waals surface area contributed by atoms with Crippen molar-refractivity contribution in [2.75, 3.05) is 18.8 Å². The van der Waals surface area contributed by atoms with Crippen LogP contribution < -0.4 is 10.6 Å². The van der Waals surface area contributed by atoms with E-state index in [9.17, 15) is 13.8 Å². The quantitative estimate of drug-likeness (QED) is 0.287. The third-order valence-corrected chi connectivity index (χ3v) is 9.03. The van der Waals surface area contributed by atoms with E-state index in [1.807, 2.05) is 11.8 Å². The highest BCUT2D eigenvalue weighted by Gasteiger charge is 2.49. The number of urea groups is 1. The fraction of sp³-hybridized carbons (Fsp3) is 0.815. The van der Waals surface area contributed by atoms with Crippen LogP contribution in [0.15, 0.2) is 11.6 Å². The summed E-state index contributed by atoms with van der Waals surface area (Å²) in [6.45, 7) is 7.76. The van der Waals surface area contributed by atoms with E-state index in [-0.39, 0.29) is 17.9 Å². The first-order valence-electron chi connectivity index (χ1n) is 13.5. The van der Waals surface area contributed by atoms with Crippen LogP contribution in [-0.2, 0) is 19.4 Å². The summed E-state index contributed by atoms with van der Waals surface area (Å²) in [5.74, 6) is 4.74. The smallest absolute Gasteiger partial charge is 0.316 e. The first-order valence-corrected chi connectivity index (χ1v) is 15.0. The number of carbonyl (C=O) groups excluding carboxylic acids is 2. The Morgan fingerprint density at radius 3 is 2.41 bits per heavy atom. The first-order chi connectivity index (χ1) is 16.2. The van der Waals surface area contributed by atoms with Crippen LogP contribution in [0.4, 0.5) is 4.79 Å². The maximum Gasteiger partial charge on any atom is 0.316 e. The minimum atomic E-state index is -1.24. The summed E-state index contributed by atoms with van der Waals surface area (Å²) in [4.78, 5) is 29.6. The normalized spacial score (nSPS) is 24.4. The molecule has 194 valence electrons. The van der Waals surface area contributed by atoms with Gasteiger partial charge in [-0.15, -0.1) is 0 Å². The zero-order chi connectivity index (χ0) is 24.8. The molecule has 0 aromatic rings. The molecule has 2 saturated carbocycles. The number of nitrogens with zero attached hydrogens (tertiary/aromatic N) is 1. The summed E-state index contributed by atoms with van der Waals surface area (Å²) in [5, 5.41) is 6.45. The molecule has 1 heterocycles. The summed E-state index contributed by atoms with van der Waals surface area (Å²) in [7, 11) is -1.24. The number of rotatable bonds is 8. The van der Waals surface area contributed by atoms with Gasteiger partial charge in [-0.2, -0.15) is 5.87 Å². The van der Waals surface area contributed by atoms with Gasteiger partial charge in [-0.05, 0) is 50.4 Å². The monoisotopic (exact) mass is 492 g/mol. The highest BCUT2D eigenvalue weighted by atomic mass is 32.2. The van der Waals surface area contributed by atoms with Gasteiger partial charge in [-0.3, -0.25) is 15.2 Å². The Labute approximate surface area is 208 Å². The van der Waals surface area contributed by atoms with Crippen LogP contribution in [0.5, 0.6) is 0 Å². The van der Waals surface area contributed by atoms with Gasteiger partial charge in [0.25, 0.3) is 0 Å². The minimum absolute atomic E-state index is 0.0719. The first kappa shape index (κ1) is 27.1. The Morgan fingerprint density at radius 2 is 1.82 bits per heavy atom. The van der Waals surface area contributed by atoms with E-state index >= 15 is 0 Å². The summed E-state index contributed by atoms with van der Waals surface area (Å²) in [5.41, 5.74) is -0.0669. The molecule has 6 nitrogen and oxygen atoms in total. The molecule has 0 bridgehead atoms.